The highest BCUT2D eigenvalue weighted by atomic mass is 79.9. The zero-order valence-corrected chi connectivity index (χ0v) is 12.0. The SMILES string of the molecule is O=C(O)CC1CCCCN1C(=O)c1cncc(Br)c1. The van der Waals surface area contributed by atoms with Crippen molar-refractivity contribution in [1.82, 2.24) is 9.88 Å². The van der Waals surface area contributed by atoms with Crippen LogP contribution in [-0.2, 0) is 4.79 Å². The molecule has 1 atom stereocenters. The molecule has 1 aromatic heterocycles. The molecular weight excluding hydrogens is 312 g/mol. The molecule has 1 unspecified atom stereocenters. The van der Waals surface area contributed by atoms with E-state index in [4.69, 9.17) is 5.11 Å². The highest BCUT2D eigenvalue weighted by Crippen LogP contribution is 2.22. The van der Waals surface area contributed by atoms with Gasteiger partial charge in [-0.05, 0) is 41.3 Å². The lowest BCUT2D eigenvalue weighted by Crippen LogP contribution is -2.44. The van der Waals surface area contributed by atoms with E-state index in [1.54, 1.807) is 17.2 Å². The fourth-order valence-electron chi connectivity index (χ4n) is 2.38. The van der Waals surface area contributed by atoms with Crippen LogP contribution in [0.25, 0.3) is 0 Å². The molecule has 1 aliphatic rings. The smallest absolute Gasteiger partial charge is 0.305 e. The molecule has 0 aromatic carbocycles. The summed E-state index contributed by atoms with van der Waals surface area (Å²) in [6.45, 7) is 0.614. The van der Waals surface area contributed by atoms with Crippen LogP contribution < -0.4 is 0 Å². The lowest BCUT2D eigenvalue weighted by molar-refractivity contribution is -0.138. The predicted octanol–water partition coefficient (Wildman–Crippen LogP) is 2.31. The van der Waals surface area contributed by atoms with Crippen LogP contribution >= 0.6 is 15.9 Å². The Kier molecular flexibility index (Phi) is 4.52. The first-order valence-corrected chi connectivity index (χ1v) is 7.00. The number of nitrogens with zero attached hydrogens (tertiary/aromatic N) is 2. The van der Waals surface area contributed by atoms with Crippen LogP contribution in [0.5, 0.6) is 0 Å². The summed E-state index contributed by atoms with van der Waals surface area (Å²) in [7, 11) is 0. The predicted molar refractivity (Wildman–Crippen MR) is 72.9 cm³/mol. The molecule has 1 amide bonds. The summed E-state index contributed by atoms with van der Waals surface area (Å²) in [6, 6.07) is 1.50. The van der Waals surface area contributed by atoms with E-state index in [0.29, 0.717) is 12.1 Å². The molecule has 1 fully saturated rings. The van der Waals surface area contributed by atoms with E-state index >= 15 is 0 Å². The Morgan fingerprint density at radius 2 is 2.21 bits per heavy atom. The number of hydrogen-bond donors (Lipinski definition) is 1. The van der Waals surface area contributed by atoms with Crippen LogP contribution in [0.3, 0.4) is 0 Å². The number of carboxylic acid groups (broad SMARTS) is 1. The average Bonchev–Trinajstić information content (AvgIpc) is 2.38. The molecule has 2 rings (SSSR count). The van der Waals surface area contributed by atoms with Crippen molar-refractivity contribution < 1.29 is 14.7 Å². The highest BCUT2D eigenvalue weighted by molar-refractivity contribution is 9.10. The molecule has 6 heteroatoms. The van der Waals surface area contributed by atoms with Gasteiger partial charge in [0.15, 0.2) is 0 Å². The van der Waals surface area contributed by atoms with E-state index in [-0.39, 0.29) is 18.4 Å². The molecule has 0 aliphatic carbocycles. The van der Waals surface area contributed by atoms with Gasteiger partial charge in [-0.3, -0.25) is 14.6 Å². The lowest BCUT2D eigenvalue weighted by atomic mass is 9.98. The second-order valence-electron chi connectivity index (χ2n) is 4.64. The first-order chi connectivity index (χ1) is 9.08. The molecular formula is C13H15BrN2O3. The lowest BCUT2D eigenvalue weighted by Gasteiger charge is -2.35. The number of hydrogen-bond acceptors (Lipinski definition) is 3. The molecule has 0 spiro atoms. The second-order valence-corrected chi connectivity index (χ2v) is 5.55. The van der Waals surface area contributed by atoms with Crippen LogP contribution in [0.15, 0.2) is 22.9 Å². The van der Waals surface area contributed by atoms with Crippen LogP contribution in [0.4, 0.5) is 0 Å². The summed E-state index contributed by atoms with van der Waals surface area (Å²) in [4.78, 5) is 28.9. The summed E-state index contributed by atoms with van der Waals surface area (Å²) < 4.78 is 0.741. The average molecular weight is 327 g/mol. The summed E-state index contributed by atoms with van der Waals surface area (Å²) in [5.74, 6) is -1.00. The topological polar surface area (TPSA) is 70.5 Å². The Labute approximate surface area is 119 Å². The Morgan fingerprint density at radius 3 is 2.89 bits per heavy atom. The Balaban J connectivity index is 2.17. The Morgan fingerprint density at radius 1 is 1.42 bits per heavy atom. The van der Waals surface area contributed by atoms with Crippen molar-refractivity contribution in [1.29, 1.82) is 0 Å². The quantitative estimate of drug-likeness (QED) is 0.925. The fourth-order valence-corrected chi connectivity index (χ4v) is 2.74. The van der Waals surface area contributed by atoms with Crippen molar-refractivity contribution in [2.45, 2.75) is 31.7 Å². The summed E-state index contributed by atoms with van der Waals surface area (Å²) in [5, 5.41) is 8.92. The zero-order valence-electron chi connectivity index (χ0n) is 10.4. The largest absolute Gasteiger partial charge is 0.481 e. The third kappa shape index (κ3) is 3.53. The number of likely N-dealkylation sites (tertiary alicyclic amines) is 1. The number of aliphatic carboxylic acids is 1. The maximum absolute atomic E-state index is 12.4. The number of rotatable bonds is 3. The van der Waals surface area contributed by atoms with Gasteiger partial charge in [-0.15, -0.1) is 0 Å². The van der Waals surface area contributed by atoms with Gasteiger partial charge in [-0.2, -0.15) is 0 Å². The third-order valence-corrected chi connectivity index (χ3v) is 3.68. The van der Waals surface area contributed by atoms with Gasteiger partial charge in [0.05, 0.1) is 12.0 Å². The molecule has 0 bridgehead atoms. The zero-order chi connectivity index (χ0) is 13.8. The molecule has 1 aliphatic heterocycles. The highest BCUT2D eigenvalue weighted by Gasteiger charge is 2.29. The summed E-state index contributed by atoms with van der Waals surface area (Å²) in [6.07, 6.45) is 5.77. The minimum atomic E-state index is -0.864. The summed E-state index contributed by atoms with van der Waals surface area (Å²) >= 11 is 3.28. The molecule has 19 heavy (non-hydrogen) atoms. The van der Waals surface area contributed by atoms with Gasteiger partial charge >= 0.3 is 5.97 Å². The fraction of sp³-hybridized carbons (Fsp3) is 0.462. The van der Waals surface area contributed by atoms with Crippen molar-refractivity contribution in [3.63, 3.8) is 0 Å². The number of carbonyl (C=O) groups excluding carboxylic acids is 1. The van der Waals surface area contributed by atoms with E-state index < -0.39 is 5.97 Å². The van der Waals surface area contributed by atoms with Crippen LogP contribution in [-0.4, -0.2) is 39.5 Å². The third-order valence-electron chi connectivity index (χ3n) is 3.25. The number of pyridine rings is 1. The number of carboxylic acids is 1. The van der Waals surface area contributed by atoms with Gasteiger partial charge in [0, 0.05) is 29.5 Å². The first kappa shape index (κ1) is 14.0. The number of amides is 1. The molecule has 102 valence electrons. The summed E-state index contributed by atoms with van der Waals surface area (Å²) in [5.41, 5.74) is 0.492. The minimum Gasteiger partial charge on any atom is -0.481 e. The molecule has 2 heterocycles. The standard InChI is InChI=1S/C13H15BrN2O3/c14-10-5-9(7-15-8-10)13(19)16-4-2-1-3-11(16)6-12(17)18/h5,7-8,11H,1-4,6H2,(H,17,18). The molecule has 0 saturated carbocycles. The maximum atomic E-state index is 12.4. The normalized spacial score (nSPS) is 19.2. The van der Waals surface area contributed by atoms with Gasteiger partial charge in [-0.1, -0.05) is 0 Å². The van der Waals surface area contributed by atoms with E-state index in [1.165, 1.54) is 6.20 Å². The van der Waals surface area contributed by atoms with E-state index in [9.17, 15) is 9.59 Å². The van der Waals surface area contributed by atoms with Gasteiger partial charge in [0.1, 0.15) is 0 Å². The molecule has 0 radical (unpaired) electrons. The maximum Gasteiger partial charge on any atom is 0.305 e. The van der Waals surface area contributed by atoms with Crippen molar-refractivity contribution in [2.24, 2.45) is 0 Å². The van der Waals surface area contributed by atoms with Crippen molar-refractivity contribution in [2.75, 3.05) is 6.54 Å². The molecule has 1 saturated heterocycles. The van der Waals surface area contributed by atoms with Gasteiger partial charge in [-0.25, -0.2) is 0 Å². The Hall–Kier alpha value is -1.43. The van der Waals surface area contributed by atoms with Crippen molar-refractivity contribution in [3.05, 3.63) is 28.5 Å². The molecule has 1 aromatic rings. The van der Waals surface area contributed by atoms with E-state index in [0.717, 1.165) is 23.7 Å². The van der Waals surface area contributed by atoms with Gasteiger partial charge < -0.3 is 10.0 Å². The van der Waals surface area contributed by atoms with Crippen LogP contribution in [0.2, 0.25) is 0 Å². The van der Waals surface area contributed by atoms with Crippen molar-refractivity contribution >= 4 is 27.8 Å². The number of carbonyl (C=O) groups is 2. The van der Waals surface area contributed by atoms with Crippen molar-refractivity contribution in [3.8, 4) is 0 Å². The number of halogens is 1. The van der Waals surface area contributed by atoms with Gasteiger partial charge in [0.2, 0.25) is 0 Å². The van der Waals surface area contributed by atoms with E-state index in [2.05, 4.69) is 20.9 Å². The van der Waals surface area contributed by atoms with Crippen LogP contribution in [0, 0.1) is 0 Å². The van der Waals surface area contributed by atoms with Crippen LogP contribution in [0.1, 0.15) is 36.0 Å². The first-order valence-electron chi connectivity index (χ1n) is 6.21. The Bertz CT molecular complexity index is 493. The molecule has 5 nitrogen and oxygen atoms in total. The minimum absolute atomic E-state index is 0.00711. The number of aromatic nitrogens is 1. The number of piperidine rings is 1. The monoisotopic (exact) mass is 326 g/mol. The van der Waals surface area contributed by atoms with Gasteiger partial charge in [0.25, 0.3) is 5.91 Å². The van der Waals surface area contributed by atoms with E-state index in [1.807, 2.05) is 0 Å². The second kappa shape index (κ2) is 6.14. The molecule has 1 N–H and O–H groups in total.